The molecule has 22 heavy (non-hydrogen) atoms. The minimum Gasteiger partial charge on any atom is -0.391 e. The van der Waals surface area contributed by atoms with Crippen LogP contribution >= 0.6 is 11.3 Å². The van der Waals surface area contributed by atoms with Gasteiger partial charge in [-0.3, -0.25) is 9.59 Å². The third-order valence-electron chi connectivity index (χ3n) is 4.51. The fourth-order valence-electron chi connectivity index (χ4n) is 2.70. The van der Waals surface area contributed by atoms with Gasteiger partial charge in [-0.05, 0) is 43.7 Å². The Morgan fingerprint density at radius 1 is 1.36 bits per heavy atom. The molecule has 2 fully saturated rings. The van der Waals surface area contributed by atoms with Crippen molar-refractivity contribution in [2.45, 2.75) is 39.2 Å². The first kappa shape index (κ1) is 15.5. The highest BCUT2D eigenvalue weighted by Crippen LogP contribution is 2.33. The van der Waals surface area contributed by atoms with Gasteiger partial charge in [0.15, 0.2) is 0 Å². The van der Waals surface area contributed by atoms with Crippen molar-refractivity contribution >= 4 is 28.2 Å². The number of hydrogen-bond donors (Lipinski definition) is 2. The summed E-state index contributed by atoms with van der Waals surface area (Å²) >= 11 is 1.33. The summed E-state index contributed by atoms with van der Waals surface area (Å²) in [5.74, 6) is 0.407. The Bertz CT molecular complexity index is 594. The molecule has 3 rings (SSSR count). The molecular weight excluding hydrogens is 300 g/mol. The van der Waals surface area contributed by atoms with Gasteiger partial charge >= 0.3 is 0 Å². The molecule has 2 heterocycles. The van der Waals surface area contributed by atoms with Crippen molar-refractivity contribution in [3.8, 4) is 0 Å². The van der Waals surface area contributed by atoms with E-state index in [-0.39, 0.29) is 23.7 Å². The van der Waals surface area contributed by atoms with Crippen LogP contribution in [-0.4, -0.2) is 41.0 Å². The number of nitrogens with zero attached hydrogens (tertiary/aromatic N) is 1. The van der Waals surface area contributed by atoms with Crippen molar-refractivity contribution in [1.29, 1.82) is 0 Å². The number of nitrogens with one attached hydrogen (secondary N) is 1. The number of likely N-dealkylation sites (tertiary alicyclic amines) is 1. The maximum Gasteiger partial charge on any atom is 0.264 e. The van der Waals surface area contributed by atoms with Gasteiger partial charge in [-0.15, -0.1) is 11.3 Å². The van der Waals surface area contributed by atoms with Crippen LogP contribution in [0.1, 0.15) is 41.4 Å². The molecule has 1 aromatic heterocycles. The fourth-order valence-corrected chi connectivity index (χ4v) is 3.75. The van der Waals surface area contributed by atoms with Crippen LogP contribution in [0.25, 0.3) is 0 Å². The number of piperidine rings is 1. The number of thiophene rings is 1. The van der Waals surface area contributed by atoms with Crippen molar-refractivity contribution in [2.75, 3.05) is 18.4 Å². The van der Waals surface area contributed by atoms with Gasteiger partial charge in [-0.25, -0.2) is 0 Å². The van der Waals surface area contributed by atoms with Crippen LogP contribution in [0.4, 0.5) is 5.00 Å². The number of aryl methyl sites for hydroxylation is 1. The molecule has 120 valence electrons. The molecule has 0 spiro atoms. The summed E-state index contributed by atoms with van der Waals surface area (Å²) in [5.41, 5.74) is 0.884. The minimum atomic E-state index is -0.452. The summed E-state index contributed by atoms with van der Waals surface area (Å²) in [6.45, 7) is 4.97. The zero-order valence-corrected chi connectivity index (χ0v) is 13.8. The molecule has 0 radical (unpaired) electrons. The third kappa shape index (κ3) is 3.17. The predicted molar refractivity (Wildman–Crippen MR) is 86.1 cm³/mol. The summed E-state index contributed by atoms with van der Waals surface area (Å²) in [5, 5.41) is 13.6. The van der Waals surface area contributed by atoms with Gasteiger partial charge in [0.25, 0.3) is 5.91 Å². The smallest absolute Gasteiger partial charge is 0.264 e. The summed E-state index contributed by atoms with van der Waals surface area (Å²) < 4.78 is 0. The van der Waals surface area contributed by atoms with E-state index < -0.39 is 6.10 Å². The zero-order chi connectivity index (χ0) is 15.9. The zero-order valence-electron chi connectivity index (χ0n) is 13.0. The normalized spacial score (nSPS) is 25.1. The van der Waals surface area contributed by atoms with Crippen LogP contribution in [0.3, 0.4) is 0 Å². The average Bonchev–Trinajstić information content (AvgIpc) is 3.26. The molecule has 1 aliphatic heterocycles. The number of rotatable bonds is 3. The lowest BCUT2D eigenvalue weighted by Gasteiger charge is -2.34. The SMILES string of the molecule is Cc1cc(NC(=O)C2CC2)sc1C(=O)N1CCC(C)C(O)C1. The quantitative estimate of drug-likeness (QED) is 0.897. The third-order valence-corrected chi connectivity index (χ3v) is 5.65. The maximum absolute atomic E-state index is 12.6. The number of aliphatic hydroxyl groups is 1. The van der Waals surface area contributed by atoms with Crippen LogP contribution in [-0.2, 0) is 4.79 Å². The average molecular weight is 322 g/mol. The fraction of sp³-hybridized carbons (Fsp3) is 0.625. The predicted octanol–water partition coefficient (Wildman–Crippen LogP) is 2.25. The summed E-state index contributed by atoms with van der Waals surface area (Å²) in [6.07, 6.45) is 2.30. The van der Waals surface area contributed by atoms with Crippen molar-refractivity contribution in [3.05, 3.63) is 16.5 Å². The first-order chi connectivity index (χ1) is 10.5. The largest absolute Gasteiger partial charge is 0.391 e. The molecule has 0 aromatic carbocycles. The Morgan fingerprint density at radius 2 is 2.09 bits per heavy atom. The second-order valence-corrected chi connectivity index (χ2v) is 7.52. The number of hydrogen-bond acceptors (Lipinski definition) is 4. The van der Waals surface area contributed by atoms with Crippen LogP contribution in [0.5, 0.6) is 0 Å². The molecular formula is C16H22N2O3S. The van der Waals surface area contributed by atoms with E-state index in [1.54, 1.807) is 4.90 Å². The molecule has 0 bridgehead atoms. The van der Waals surface area contributed by atoms with E-state index in [0.717, 1.165) is 29.8 Å². The van der Waals surface area contributed by atoms with E-state index in [1.807, 2.05) is 19.9 Å². The Morgan fingerprint density at radius 3 is 2.73 bits per heavy atom. The van der Waals surface area contributed by atoms with Gasteiger partial charge < -0.3 is 15.3 Å². The first-order valence-electron chi connectivity index (χ1n) is 7.84. The topological polar surface area (TPSA) is 69.6 Å². The molecule has 2 atom stereocenters. The lowest BCUT2D eigenvalue weighted by molar-refractivity contribution is -0.117. The van der Waals surface area contributed by atoms with Crippen molar-refractivity contribution in [1.82, 2.24) is 4.90 Å². The van der Waals surface area contributed by atoms with Crippen molar-refractivity contribution in [2.24, 2.45) is 11.8 Å². The van der Waals surface area contributed by atoms with E-state index >= 15 is 0 Å². The van der Waals surface area contributed by atoms with Crippen LogP contribution in [0.15, 0.2) is 6.07 Å². The Labute approximate surface area is 134 Å². The molecule has 1 saturated carbocycles. The summed E-state index contributed by atoms with van der Waals surface area (Å²) in [4.78, 5) is 26.8. The molecule has 2 amide bonds. The summed E-state index contributed by atoms with van der Waals surface area (Å²) in [7, 11) is 0. The maximum atomic E-state index is 12.6. The number of carbonyl (C=O) groups is 2. The van der Waals surface area contributed by atoms with Crippen molar-refractivity contribution < 1.29 is 14.7 Å². The lowest BCUT2D eigenvalue weighted by atomic mass is 9.96. The van der Waals surface area contributed by atoms with Gasteiger partial charge in [-0.2, -0.15) is 0 Å². The molecule has 1 aliphatic carbocycles. The van der Waals surface area contributed by atoms with Crippen molar-refractivity contribution in [3.63, 3.8) is 0 Å². The molecule has 5 nitrogen and oxygen atoms in total. The number of anilines is 1. The number of carbonyl (C=O) groups excluding carboxylic acids is 2. The van der Waals surface area contributed by atoms with Gasteiger partial charge in [0.2, 0.25) is 5.91 Å². The first-order valence-corrected chi connectivity index (χ1v) is 8.66. The lowest BCUT2D eigenvalue weighted by Crippen LogP contribution is -2.45. The van der Waals surface area contributed by atoms with Crippen LogP contribution in [0.2, 0.25) is 0 Å². The highest BCUT2D eigenvalue weighted by Gasteiger charge is 2.31. The van der Waals surface area contributed by atoms with E-state index in [4.69, 9.17) is 0 Å². The Balaban J connectivity index is 1.69. The second kappa shape index (κ2) is 6.01. The van der Waals surface area contributed by atoms with Crippen LogP contribution in [0, 0.1) is 18.8 Å². The van der Waals surface area contributed by atoms with E-state index in [1.165, 1.54) is 11.3 Å². The van der Waals surface area contributed by atoms with E-state index in [9.17, 15) is 14.7 Å². The summed E-state index contributed by atoms with van der Waals surface area (Å²) in [6, 6.07) is 1.86. The minimum absolute atomic E-state index is 0.0413. The molecule has 2 aliphatic rings. The Hall–Kier alpha value is -1.40. The van der Waals surface area contributed by atoms with Gasteiger partial charge in [-0.1, -0.05) is 6.92 Å². The number of aliphatic hydroxyl groups excluding tert-OH is 1. The van der Waals surface area contributed by atoms with Gasteiger partial charge in [0.1, 0.15) is 0 Å². The highest BCUT2D eigenvalue weighted by molar-refractivity contribution is 7.18. The van der Waals surface area contributed by atoms with Gasteiger partial charge in [0, 0.05) is 19.0 Å². The highest BCUT2D eigenvalue weighted by atomic mass is 32.1. The number of amides is 2. The molecule has 2 N–H and O–H groups in total. The molecule has 1 saturated heterocycles. The standard InChI is InChI=1S/C16H22N2O3S/c1-9-5-6-18(8-12(9)19)16(21)14-10(2)7-13(22-14)17-15(20)11-3-4-11/h7,9,11-12,19H,3-6,8H2,1-2H3,(H,17,20). The van der Waals surface area contributed by atoms with E-state index in [0.29, 0.717) is 18.0 Å². The van der Waals surface area contributed by atoms with Gasteiger partial charge in [0.05, 0.1) is 16.0 Å². The molecule has 1 aromatic rings. The molecule has 6 heteroatoms. The van der Waals surface area contributed by atoms with E-state index in [2.05, 4.69) is 5.32 Å². The van der Waals surface area contributed by atoms with Crippen LogP contribution < -0.4 is 5.32 Å². The monoisotopic (exact) mass is 322 g/mol. The molecule has 2 unspecified atom stereocenters. The Kier molecular flexibility index (Phi) is 4.23. The number of β-amino-alcohol motifs (C(OH)–C–C–N with tert-alkyl or cyclic N) is 1. The second-order valence-electron chi connectivity index (χ2n) is 6.47.